The zero-order chi connectivity index (χ0) is 18.0. The molecule has 1 heterocycles. The van der Waals surface area contributed by atoms with Gasteiger partial charge in [0, 0.05) is 12.0 Å². The van der Waals surface area contributed by atoms with Gasteiger partial charge in [0.2, 0.25) is 0 Å². The SMILES string of the molecule is CC(C)(C)c1ncsc1C(=O)NC(CN)c1ccc2ccccc2c1.Cl.Cl. The van der Waals surface area contributed by atoms with Gasteiger partial charge >= 0.3 is 0 Å². The van der Waals surface area contributed by atoms with E-state index in [0.29, 0.717) is 11.4 Å². The van der Waals surface area contributed by atoms with E-state index in [2.05, 4.69) is 55.3 Å². The number of fused-ring (bicyclic) bond motifs is 1. The molecule has 1 unspecified atom stereocenters. The molecule has 0 saturated heterocycles. The highest BCUT2D eigenvalue weighted by Gasteiger charge is 2.26. The van der Waals surface area contributed by atoms with E-state index >= 15 is 0 Å². The number of hydrogen-bond donors (Lipinski definition) is 2. The Hall–Kier alpha value is -1.66. The molecule has 27 heavy (non-hydrogen) atoms. The molecule has 0 aliphatic carbocycles. The lowest BCUT2D eigenvalue weighted by Gasteiger charge is -2.20. The molecule has 0 saturated carbocycles. The molecule has 146 valence electrons. The maximum absolute atomic E-state index is 12.8. The Kier molecular flexibility index (Phi) is 8.23. The molecule has 4 nitrogen and oxygen atoms in total. The van der Waals surface area contributed by atoms with E-state index in [9.17, 15) is 4.79 Å². The van der Waals surface area contributed by atoms with Crippen molar-refractivity contribution in [1.29, 1.82) is 0 Å². The Morgan fingerprint density at radius 1 is 1.15 bits per heavy atom. The predicted octanol–water partition coefficient (Wildman–Crippen LogP) is 4.87. The summed E-state index contributed by atoms with van der Waals surface area (Å²) in [5, 5.41) is 5.38. The first-order valence-electron chi connectivity index (χ1n) is 8.33. The quantitative estimate of drug-likeness (QED) is 0.626. The topological polar surface area (TPSA) is 68.0 Å². The average molecular weight is 426 g/mol. The van der Waals surface area contributed by atoms with E-state index in [1.165, 1.54) is 16.7 Å². The highest BCUT2D eigenvalue weighted by Crippen LogP contribution is 2.28. The number of nitrogens with zero attached hydrogens (tertiary/aromatic N) is 1. The van der Waals surface area contributed by atoms with E-state index in [1.807, 2.05) is 18.2 Å². The maximum Gasteiger partial charge on any atom is 0.263 e. The summed E-state index contributed by atoms with van der Waals surface area (Å²) in [7, 11) is 0. The standard InChI is InChI=1S/C20H23N3OS.2ClH/c1-20(2,3)18-17(25-12-22-18)19(24)23-16(11-21)15-9-8-13-6-4-5-7-14(13)10-15;;/h4-10,12,16H,11,21H2,1-3H3,(H,23,24);2*1H. The summed E-state index contributed by atoms with van der Waals surface area (Å²) >= 11 is 1.37. The second-order valence-electron chi connectivity index (χ2n) is 7.15. The molecule has 3 N–H and O–H groups in total. The summed E-state index contributed by atoms with van der Waals surface area (Å²) in [6.45, 7) is 6.52. The fourth-order valence-corrected chi connectivity index (χ4v) is 3.77. The van der Waals surface area contributed by atoms with Crippen molar-refractivity contribution < 1.29 is 4.79 Å². The van der Waals surface area contributed by atoms with Gasteiger partial charge in [-0.05, 0) is 22.4 Å². The fourth-order valence-electron chi connectivity index (χ4n) is 2.87. The molecule has 3 rings (SSSR count). The summed E-state index contributed by atoms with van der Waals surface area (Å²) in [6.07, 6.45) is 0. The Morgan fingerprint density at radius 2 is 1.81 bits per heavy atom. The Bertz CT molecular complexity index is 905. The molecule has 1 atom stereocenters. The summed E-state index contributed by atoms with van der Waals surface area (Å²) < 4.78 is 0. The van der Waals surface area contributed by atoms with Gasteiger partial charge in [-0.15, -0.1) is 36.2 Å². The minimum atomic E-state index is -0.230. The van der Waals surface area contributed by atoms with Crippen LogP contribution in [0.1, 0.15) is 47.7 Å². The van der Waals surface area contributed by atoms with Crippen molar-refractivity contribution in [2.75, 3.05) is 6.54 Å². The molecule has 0 radical (unpaired) electrons. The highest BCUT2D eigenvalue weighted by atomic mass is 35.5. The van der Waals surface area contributed by atoms with Gasteiger partial charge in [-0.1, -0.05) is 57.2 Å². The number of nitrogens with two attached hydrogens (primary N) is 1. The van der Waals surface area contributed by atoms with E-state index < -0.39 is 0 Å². The maximum atomic E-state index is 12.8. The van der Waals surface area contributed by atoms with Gasteiger partial charge in [0.25, 0.3) is 5.91 Å². The number of carbonyl (C=O) groups excluding carboxylic acids is 1. The molecule has 0 aliphatic rings. The van der Waals surface area contributed by atoms with Crippen LogP contribution in [0, 0.1) is 0 Å². The molecule has 0 bridgehead atoms. The van der Waals surface area contributed by atoms with Crippen LogP contribution < -0.4 is 11.1 Å². The highest BCUT2D eigenvalue weighted by molar-refractivity contribution is 7.11. The lowest BCUT2D eigenvalue weighted by atomic mass is 9.91. The van der Waals surface area contributed by atoms with Gasteiger partial charge in [-0.3, -0.25) is 4.79 Å². The van der Waals surface area contributed by atoms with Crippen LogP contribution in [0.25, 0.3) is 10.8 Å². The van der Waals surface area contributed by atoms with Crippen LogP contribution in [0.15, 0.2) is 48.0 Å². The van der Waals surface area contributed by atoms with Gasteiger partial charge in [0.05, 0.1) is 17.2 Å². The number of benzene rings is 2. The van der Waals surface area contributed by atoms with Crippen molar-refractivity contribution in [1.82, 2.24) is 10.3 Å². The Balaban J connectivity index is 0.00000182. The molecule has 1 aromatic heterocycles. The summed E-state index contributed by atoms with van der Waals surface area (Å²) in [5.41, 5.74) is 9.33. The normalized spacial score (nSPS) is 12.0. The van der Waals surface area contributed by atoms with Crippen LogP contribution in [0.2, 0.25) is 0 Å². The van der Waals surface area contributed by atoms with Crippen LogP contribution in [0.3, 0.4) is 0 Å². The lowest BCUT2D eigenvalue weighted by molar-refractivity contribution is 0.0939. The van der Waals surface area contributed by atoms with Crippen LogP contribution in [-0.4, -0.2) is 17.4 Å². The minimum Gasteiger partial charge on any atom is -0.343 e. The molecular weight excluding hydrogens is 401 g/mol. The molecule has 0 spiro atoms. The van der Waals surface area contributed by atoms with Crippen molar-refractivity contribution in [3.63, 3.8) is 0 Å². The van der Waals surface area contributed by atoms with Crippen molar-refractivity contribution in [3.05, 3.63) is 64.1 Å². The minimum absolute atomic E-state index is 0. The predicted molar refractivity (Wildman–Crippen MR) is 119 cm³/mol. The van der Waals surface area contributed by atoms with Crippen molar-refractivity contribution in [2.24, 2.45) is 5.73 Å². The molecule has 0 fully saturated rings. The monoisotopic (exact) mass is 425 g/mol. The summed E-state index contributed by atoms with van der Waals surface area (Å²) in [4.78, 5) is 17.8. The molecule has 0 aliphatic heterocycles. The van der Waals surface area contributed by atoms with Gasteiger partial charge < -0.3 is 11.1 Å². The molecule has 2 aromatic carbocycles. The number of carbonyl (C=O) groups is 1. The second-order valence-corrected chi connectivity index (χ2v) is 8.00. The Labute approximate surface area is 176 Å². The van der Waals surface area contributed by atoms with Gasteiger partial charge in [0.1, 0.15) is 4.88 Å². The third-order valence-corrected chi connectivity index (χ3v) is 5.03. The van der Waals surface area contributed by atoms with Crippen LogP contribution >= 0.6 is 36.2 Å². The third kappa shape index (κ3) is 5.20. The number of amides is 1. The number of rotatable bonds is 4. The summed E-state index contributed by atoms with van der Waals surface area (Å²) in [5.74, 6) is -0.115. The second kappa shape index (κ2) is 9.51. The van der Waals surface area contributed by atoms with Crippen LogP contribution in [0.5, 0.6) is 0 Å². The largest absolute Gasteiger partial charge is 0.343 e. The fraction of sp³-hybridized carbons (Fsp3) is 0.300. The van der Waals surface area contributed by atoms with Crippen molar-refractivity contribution in [2.45, 2.75) is 32.2 Å². The molecule has 1 amide bonds. The number of nitrogens with one attached hydrogen (secondary N) is 1. The van der Waals surface area contributed by atoms with Gasteiger partial charge in [-0.25, -0.2) is 4.98 Å². The van der Waals surface area contributed by atoms with Crippen LogP contribution in [0.4, 0.5) is 0 Å². The molecule has 7 heteroatoms. The smallest absolute Gasteiger partial charge is 0.263 e. The van der Waals surface area contributed by atoms with Crippen molar-refractivity contribution >= 4 is 52.8 Å². The number of hydrogen-bond acceptors (Lipinski definition) is 4. The Morgan fingerprint density at radius 3 is 2.44 bits per heavy atom. The van der Waals surface area contributed by atoms with E-state index in [1.54, 1.807) is 5.51 Å². The molecule has 3 aromatic rings. The average Bonchev–Trinajstić information content (AvgIpc) is 3.09. The first-order valence-corrected chi connectivity index (χ1v) is 9.21. The third-order valence-electron chi connectivity index (χ3n) is 4.20. The number of aromatic nitrogens is 1. The lowest BCUT2D eigenvalue weighted by Crippen LogP contribution is -2.34. The number of thiazole rings is 1. The van der Waals surface area contributed by atoms with Crippen LogP contribution in [-0.2, 0) is 5.41 Å². The molecular formula is C20H25Cl2N3OS. The van der Waals surface area contributed by atoms with E-state index in [0.717, 1.165) is 16.6 Å². The zero-order valence-corrected chi connectivity index (χ0v) is 18.0. The summed E-state index contributed by atoms with van der Waals surface area (Å²) in [6, 6.07) is 14.1. The first-order chi connectivity index (χ1) is 11.9. The van der Waals surface area contributed by atoms with Gasteiger partial charge in [-0.2, -0.15) is 0 Å². The van der Waals surface area contributed by atoms with E-state index in [4.69, 9.17) is 5.73 Å². The first kappa shape index (κ1) is 23.4. The van der Waals surface area contributed by atoms with E-state index in [-0.39, 0.29) is 42.2 Å². The number of halogens is 2. The zero-order valence-electron chi connectivity index (χ0n) is 15.6. The van der Waals surface area contributed by atoms with Crippen molar-refractivity contribution in [3.8, 4) is 0 Å². The van der Waals surface area contributed by atoms with Gasteiger partial charge in [0.15, 0.2) is 0 Å².